The molecular weight excluding hydrogens is 480 g/mol. The van der Waals surface area contributed by atoms with Gasteiger partial charge in [0.1, 0.15) is 5.76 Å². The summed E-state index contributed by atoms with van der Waals surface area (Å²) in [5.74, 6) is 2.14. The summed E-state index contributed by atoms with van der Waals surface area (Å²) in [5, 5.41) is 0.472. The lowest BCUT2D eigenvalue weighted by Crippen LogP contribution is -2.48. The first-order chi connectivity index (χ1) is 17.5. The second kappa shape index (κ2) is 9.29. The third-order valence-electron chi connectivity index (χ3n) is 6.63. The summed E-state index contributed by atoms with van der Waals surface area (Å²) in [7, 11) is 0. The fraction of sp³-hybridized carbons (Fsp3) is 0.269. The first kappa shape index (κ1) is 22.6. The van der Waals surface area contributed by atoms with Gasteiger partial charge in [-0.15, -0.1) is 0 Å². The third-order valence-corrected chi connectivity index (χ3v) is 6.95. The Labute approximate surface area is 211 Å². The first-order valence-electron chi connectivity index (χ1n) is 11.7. The van der Waals surface area contributed by atoms with Crippen LogP contribution in [0.3, 0.4) is 0 Å². The second-order valence-corrected chi connectivity index (χ2v) is 9.30. The van der Waals surface area contributed by atoms with E-state index < -0.39 is 0 Å². The van der Waals surface area contributed by atoms with Crippen molar-refractivity contribution in [3.63, 3.8) is 0 Å². The maximum absolute atomic E-state index is 13.2. The first-order valence-corrected chi connectivity index (χ1v) is 12.2. The van der Waals surface area contributed by atoms with E-state index in [1.54, 1.807) is 36.6 Å². The largest absolute Gasteiger partial charge is 0.467 e. The van der Waals surface area contributed by atoms with Crippen LogP contribution in [0.25, 0.3) is 10.9 Å². The molecule has 6 rings (SSSR count). The molecule has 9 nitrogen and oxygen atoms in total. The highest BCUT2D eigenvalue weighted by Gasteiger charge is 2.23. The van der Waals surface area contributed by atoms with Gasteiger partial charge in [0, 0.05) is 38.3 Å². The van der Waals surface area contributed by atoms with Crippen LogP contribution in [0.2, 0.25) is 0 Å². The van der Waals surface area contributed by atoms with Gasteiger partial charge in [0.2, 0.25) is 6.79 Å². The second-order valence-electron chi connectivity index (χ2n) is 8.92. The number of aromatic amines is 1. The van der Waals surface area contributed by atoms with Gasteiger partial charge in [-0.05, 0) is 60.2 Å². The number of piperazine rings is 1. The minimum absolute atomic E-state index is 0.0567. The Balaban J connectivity index is 1.14. The van der Waals surface area contributed by atoms with Gasteiger partial charge in [0.25, 0.3) is 11.5 Å². The minimum atomic E-state index is -0.221. The average molecular weight is 505 g/mol. The van der Waals surface area contributed by atoms with Crippen LogP contribution < -0.4 is 15.0 Å². The van der Waals surface area contributed by atoms with Gasteiger partial charge >= 0.3 is 0 Å². The Hall–Kier alpha value is -3.89. The van der Waals surface area contributed by atoms with Gasteiger partial charge in [-0.25, -0.2) is 0 Å². The monoisotopic (exact) mass is 504 g/mol. The maximum atomic E-state index is 13.2. The Kier molecular flexibility index (Phi) is 5.82. The molecule has 0 bridgehead atoms. The molecule has 1 saturated heterocycles. The summed E-state index contributed by atoms with van der Waals surface area (Å²) in [5.41, 5.74) is 2.01. The standard InChI is InChI=1S/C26H24N4O5S/c31-24(29-9-7-28(8-10-29)14-17-3-6-22-23(12-17)35-16-34-22)18-4-5-20-21(13-18)27-26(36)30(25(20)32)15-19-2-1-11-33-19/h1-6,11-13H,7-10,14-16H2,(H,27,36). The quantitative estimate of drug-likeness (QED) is 0.417. The van der Waals surface area contributed by atoms with E-state index in [9.17, 15) is 9.59 Å². The predicted molar refractivity (Wildman–Crippen MR) is 135 cm³/mol. The number of nitrogens with one attached hydrogen (secondary N) is 1. The zero-order valence-electron chi connectivity index (χ0n) is 19.4. The van der Waals surface area contributed by atoms with E-state index in [-0.39, 0.29) is 29.6 Å². The van der Waals surface area contributed by atoms with Crippen molar-refractivity contribution in [2.75, 3.05) is 33.0 Å². The number of ether oxygens (including phenoxy) is 2. The smallest absolute Gasteiger partial charge is 0.262 e. The molecule has 2 aliphatic heterocycles. The van der Waals surface area contributed by atoms with E-state index in [0.29, 0.717) is 35.3 Å². The number of rotatable bonds is 5. The number of carbonyl (C=O) groups is 1. The maximum Gasteiger partial charge on any atom is 0.262 e. The van der Waals surface area contributed by atoms with Crippen molar-refractivity contribution in [1.29, 1.82) is 0 Å². The van der Waals surface area contributed by atoms with Crippen molar-refractivity contribution in [1.82, 2.24) is 19.4 Å². The van der Waals surface area contributed by atoms with E-state index in [4.69, 9.17) is 26.1 Å². The van der Waals surface area contributed by atoms with E-state index in [0.717, 1.165) is 36.7 Å². The molecule has 0 spiro atoms. The number of fused-ring (bicyclic) bond motifs is 2. The summed E-state index contributed by atoms with van der Waals surface area (Å²) in [4.78, 5) is 33.5. The van der Waals surface area contributed by atoms with E-state index in [1.165, 1.54) is 4.57 Å². The molecule has 4 aromatic rings. The van der Waals surface area contributed by atoms with Crippen LogP contribution in [-0.2, 0) is 13.1 Å². The molecule has 184 valence electrons. The summed E-state index contributed by atoms with van der Waals surface area (Å²) in [6, 6.07) is 14.7. The van der Waals surface area contributed by atoms with Crippen LogP contribution in [0.5, 0.6) is 11.5 Å². The van der Waals surface area contributed by atoms with Gasteiger partial charge in [0.15, 0.2) is 16.3 Å². The highest BCUT2D eigenvalue weighted by molar-refractivity contribution is 7.71. The van der Waals surface area contributed by atoms with Crippen molar-refractivity contribution in [2.45, 2.75) is 13.1 Å². The Morgan fingerprint density at radius 2 is 1.81 bits per heavy atom. The molecule has 2 aromatic carbocycles. The van der Waals surface area contributed by atoms with Crippen LogP contribution in [0.15, 0.2) is 64.0 Å². The molecule has 1 amide bonds. The van der Waals surface area contributed by atoms with Crippen LogP contribution in [0.1, 0.15) is 21.7 Å². The van der Waals surface area contributed by atoms with Crippen molar-refractivity contribution in [3.05, 3.63) is 86.8 Å². The summed E-state index contributed by atoms with van der Waals surface area (Å²) >= 11 is 5.42. The van der Waals surface area contributed by atoms with Crippen LogP contribution in [-0.4, -0.2) is 58.2 Å². The summed E-state index contributed by atoms with van der Waals surface area (Å²) in [6.07, 6.45) is 1.56. The highest BCUT2D eigenvalue weighted by Crippen LogP contribution is 2.32. The van der Waals surface area contributed by atoms with Gasteiger partial charge in [-0.3, -0.25) is 19.1 Å². The van der Waals surface area contributed by atoms with Crippen molar-refractivity contribution in [2.24, 2.45) is 0 Å². The average Bonchev–Trinajstić information content (AvgIpc) is 3.58. The number of hydrogen-bond donors (Lipinski definition) is 1. The normalized spacial score (nSPS) is 15.5. The Bertz CT molecular complexity index is 1550. The highest BCUT2D eigenvalue weighted by atomic mass is 32.1. The van der Waals surface area contributed by atoms with Crippen LogP contribution >= 0.6 is 12.2 Å². The zero-order chi connectivity index (χ0) is 24.6. The molecule has 2 aromatic heterocycles. The lowest BCUT2D eigenvalue weighted by Gasteiger charge is -2.34. The molecule has 2 aliphatic rings. The van der Waals surface area contributed by atoms with Crippen LogP contribution in [0, 0.1) is 4.77 Å². The zero-order valence-corrected chi connectivity index (χ0v) is 20.3. The molecule has 10 heteroatoms. The molecule has 36 heavy (non-hydrogen) atoms. The molecule has 0 radical (unpaired) electrons. The SMILES string of the molecule is O=C(c1ccc2c(=O)n(Cc3ccco3)c(=S)[nH]c2c1)N1CCN(Cc2ccc3c(c2)OCO3)CC1. The van der Waals surface area contributed by atoms with E-state index >= 15 is 0 Å². The van der Waals surface area contributed by atoms with Gasteiger partial charge < -0.3 is 23.8 Å². The van der Waals surface area contributed by atoms with Crippen molar-refractivity contribution >= 4 is 29.0 Å². The molecule has 1 N–H and O–H groups in total. The Morgan fingerprint density at radius 1 is 0.972 bits per heavy atom. The topological polar surface area (TPSA) is 92.9 Å². The molecular formula is C26H24N4O5S. The van der Waals surface area contributed by atoms with Gasteiger partial charge in [-0.1, -0.05) is 6.07 Å². The fourth-order valence-electron chi connectivity index (χ4n) is 4.68. The number of amides is 1. The number of H-pyrrole nitrogens is 1. The van der Waals surface area contributed by atoms with E-state index in [1.807, 2.05) is 23.1 Å². The minimum Gasteiger partial charge on any atom is -0.467 e. The molecule has 0 unspecified atom stereocenters. The Morgan fingerprint density at radius 3 is 2.61 bits per heavy atom. The number of carbonyl (C=O) groups excluding carboxylic acids is 1. The van der Waals surface area contributed by atoms with E-state index in [2.05, 4.69) is 9.88 Å². The third kappa shape index (κ3) is 4.29. The number of furan rings is 1. The lowest BCUT2D eigenvalue weighted by molar-refractivity contribution is 0.0628. The molecule has 1 fully saturated rings. The summed E-state index contributed by atoms with van der Waals surface area (Å²) in [6.45, 7) is 4.09. The molecule has 4 heterocycles. The van der Waals surface area contributed by atoms with Crippen molar-refractivity contribution < 1.29 is 18.7 Å². The van der Waals surface area contributed by atoms with Gasteiger partial charge in [-0.2, -0.15) is 0 Å². The number of benzene rings is 2. The van der Waals surface area contributed by atoms with Crippen LogP contribution in [0.4, 0.5) is 0 Å². The number of aromatic nitrogens is 2. The molecule has 0 saturated carbocycles. The molecule has 0 aliphatic carbocycles. The number of nitrogens with zero attached hydrogens (tertiary/aromatic N) is 3. The lowest BCUT2D eigenvalue weighted by atomic mass is 10.1. The molecule has 0 atom stereocenters. The summed E-state index contributed by atoms with van der Waals surface area (Å²) < 4.78 is 17.9. The number of hydrogen-bond acceptors (Lipinski definition) is 7. The van der Waals surface area contributed by atoms with Crippen molar-refractivity contribution in [3.8, 4) is 11.5 Å². The fourth-order valence-corrected chi connectivity index (χ4v) is 4.94. The van der Waals surface area contributed by atoms with Gasteiger partial charge in [0.05, 0.1) is 23.7 Å². The predicted octanol–water partition coefficient (Wildman–Crippen LogP) is 3.39.